The molecule has 0 radical (unpaired) electrons. The van der Waals surface area contributed by atoms with E-state index < -0.39 is 24.2 Å². The summed E-state index contributed by atoms with van der Waals surface area (Å²) in [6.45, 7) is 11.2. The maximum Gasteiger partial charge on any atom is 0.251 e. The summed E-state index contributed by atoms with van der Waals surface area (Å²) in [6.07, 6.45) is 3.66. The Bertz CT molecular complexity index is 1680. The molecule has 5 fully saturated rings. The Morgan fingerprint density at radius 2 is 1.84 bits per heavy atom. The summed E-state index contributed by atoms with van der Waals surface area (Å²) in [5.41, 5.74) is 4.12. The molecule has 310 valence electrons. The fourth-order valence-corrected chi connectivity index (χ4v) is 10.4. The standard InChI is InChI=1S/C44H68N6O6/c1-26-36-21-32(44(36,3)4)22-37(26)47-43(54)40-39(27(2)52)38(25-51)56-50(40)23-29-11-10-12-35(41(29)55-9)30-18-31(20-34(19-30)49(7)8)42(53)46-33(24-48(5)6)17-28-13-15-45-16-14-28/h10-12,18-20,26-28,32-33,36-40,45,51-52H,13-17,21-25H2,1-9H3,(H,46,53)(H,47,54)/t26-,27-,32+,33-,36-,37-,38-,39-,40-/m0/s1. The molecule has 2 aliphatic heterocycles. The van der Waals surface area contributed by atoms with Gasteiger partial charge in [-0.05, 0) is 119 Å². The number of hydrogen-bond acceptors (Lipinski definition) is 10. The molecule has 2 amide bonds. The SMILES string of the molecule is COc1c(CN2O[C@@H](CO)[C@H]([C@H](C)O)[C@H]2C(=O)N[C@H]2C[C@H]3C[C@@H]([C@@H]2C)C3(C)C)cccc1-c1cc(C(=O)N[C@@H](CC2CCNCC2)CN(C)C)cc(N(C)C)c1. The van der Waals surface area contributed by atoms with Crippen LogP contribution in [0.1, 0.15) is 75.7 Å². The van der Waals surface area contributed by atoms with Crippen molar-refractivity contribution in [1.82, 2.24) is 25.9 Å². The van der Waals surface area contributed by atoms with Gasteiger partial charge in [0.2, 0.25) is 5.91 Å². The molecule has 2 heterocycles. The van der Waals surface area contributed by atoms with Gasteiger partial charge in [0, 0.05) is 61.0 Å². The second-order valence-corrected chi connectivity index (χ2v) is 18.3. The number of aliphatic hydroxyl groups is 2. The molecule has 2 aromatic carbocycles. The maximum absolute atomic E-state index is 14.3. The van der Waals surface area contributed by atoms with E-state index in [1.54, 1.807) is 19.1 Å². The van der Waals surface area contributed by atoms with Crippen LogP contribution in [0.15, 0.2) is 36.4 Å². The van der Waals surface area contributed by atoms with E-state index in [0.29, 0.717) is 35.0 Å². The van der Waals surface area contributed by atoms with Crippen LogP contribution in [0.4, 0.5) is 5.69 Å². The number of para-hydroxylation sites is 1. The van der Waals surface area contributed by atoms with Crippen LogP contribution in [0.2, 0.25) is 0 Å². The second kappa shape index (κ2) is 17.7. The minimum Gasteiger partial charge on any atom is -0.496 e. The van der Waals surface area contributed by atoms with Crippen LogP contribution in [-0.4, -0.2) is 124 Å². The summed E-state index contributed by atoms with van der Waals surface area (Å²) < 4.78 is 6.12. The third-order valence-corrected chi connectivity index (χ3v) is 13.7. The number of hydroxylamine groups is 2. The van der Waals surface area contributed by atoms with Crippen LogP contribution in [0.25, 0.3) is 11.1 Å². The first-order chi connectivity index (χ1) is 26.6. The minimum atomic E-state index is -0.896. The highest BCUT2D eigenvalue weighted by Gasteiger charge is 2.57. The monoisotopic (exact) mass is 777 g/mol. The number of rotatable bonds is 15. The van der Waals surface area contributed by atoms with Gasteiger partial charge in [-0.25, -0.2) is 0 Å². The average Bonchev–Trinajstić information content (AvgIpc) is 3.53. The predicted octanol–water partition coefficient (Wildman–Crippen LogP) is 4.14. The summed E-state index contributed by atoms with van der Waals surface area (Å²) in [6, 6.07) is 11.0. The molecule has 7 rings (SSSR count). The lowest BCUT2D eigenvalue weighted by Gasteiger charge is -2.62. The molecule has 12 heteroatoms. The van der Waals surface area contributed by atoms with E-state index in [2.05, 4.69) is 47.7 Å². The van der Waals surface area contributed by atoms with Crippen molar-refractivity contribution in [2.45, 2.75) is 96.7 Å². The zero-order chi connectivity index (χ0) is 40.5. The van der Waals surface area contributed by atoms with Gasteiger partial charge in [-0.1, -0.05) is 39.0 Å². The van der Waals surface area contributed by atoms with Crippen molar-refractivity contribution >= 4 is 17.5 Å². The third-order valence-electron chi connectivity index (χ3n) is 13.7. The van der Waals surface area contributed by atoms with Crippen molar-refractivity contribution < 1.29 is 29.4 Å². The van der Waals surface area contributed by atoms with E-state index in [1.165, 1.54) is 6.42 Å². The number of amides is 2. The molecule has 0 spiro atoms. The Balaban J connectivity index is 1.27. The molecule has 9 atom stereocenters. The van der Waals surface area contributed by atoms with Gasteiger partial charge in [0.15, 0.2) is 0 Å². The number of carbonyl (C=O) groups is 2. The highest BCUT2D eigenvalue weighted by Crippen LogP contribution is 2.61. The first-order valence-corrected chi connectivity index (χ1v) is 20.8. The zero-order valence-electron chi connectivity index (χ0n) is 35.2. The van der Waals surface area contributed by atoms with Gasteiger partial charge in [-0.15, -0.1) is 0 Å². The number of hydrogen-bond donors (Lipinski definition) is 5. The third kappa shape index (κ3) is 8.90. The average molecular weight is 777 g/mol. The summed E-state index contributed by atoms with van der Waals surface area (Å²) in [5, 5.41) is 33.2. The topological polar surface area (TPSA) is 139 Å². The first kappa shape index (κ1) is 42.3. The number of nitrogens with one attached hydrogen (secondary N) is 3. The number of aliphatic hydroxyl groups excluding tert-OH is 2. The number of piperidine rings is 1. The van der Waals surface area contributed by atoms with Crippen molar-refractivity contribution in [3.05, 3.63) is 47.5 Å². The van der Waals surface area contributed by atoms with Gasteiger partial charge in [0.1, 0.15) is 17.9 Å². The molecular weight excluding hydrogens is 709 g/mol. The first-order valence-electron chi connectivity index (χ1n) is 20.8. The van der Waals surface area contributed by atoms with Crippen LogP contribution >= 0.6 is 0 Å². The lowest BCUT2D eigenvalue weighted by atomic mass is 9.45. The van der Waals surface area contributed by atoms with Crippen LogP contribution in [0, 0.1) is 35.0 Å². The van der Waals surface area contributed by atoms with Crippen LogP contribution in [0.3, 0.4) is 0 Å². The molecule has 2 aromatic rings. The Kier molecular flexibility index (Phi) is 13.4. The molecule has 3 saturated carbocycles. The Hall–Kier alpha value is -3.26. The molecule has 3 aliphatic carbocycles. The Morgan fingerprint density at radius 3 is 2.45 bits per heavy atom. The van der Waals surface area contributed by atoms with E-state index in [0.717, 1.165) is 67.7 Å². The molecule has 56 heavy (non-hydrogen) atoms. The fraction of sp³-hybridized carbons (Fsp3) is 0.682. The maximum atomic E-state index is 14.3. The smallest absolute Gasteiger partial charge is 0.251 e. The molecule has 5 N–H and O–H groups in total. The molecule has 12 nitrogen and oxygen atoms in total. The number of ether oxygens (including phenoxy) is 1. The van der Waals surface area contributed by atoms with Crippen LogP contribution < -0.4 is 25.6 Å². The van der Waals surface area contributed by atoms with E-state index in [9.17, 15) is 19.8 Å². The normalized spacial score (nSPS) is 28.7. The van der Waals surface area contributed by atoms with Crippen molar-refractivity contribution in [3.8, 4) is 16.9 Å². The van der Waals surface area contributed by atoms with E-state index >= 15 is 0 Å². The molecule has 2 saturated heterocycles. The molecule has 0 unspecified atom stereocenters. The van der Waals surface area contributed by atoms with E-state index in [4.69, 9.17) is 9.57 Å². The zero-order valence-corrected chi connectivity index (χ0v) is 35.2. The summed E-state index contributed by atoms with van der Waals surface area (Å²) in [4.78, 5) is 38.8. The number of benzene rings is 2. The summed E-state index contributed by atoms with van der Waals surface area (Å²) in [7, 11) is 9.64. The number of nitrogens with zero attached hydrogens (tertiary/aromatic N) is 3. The van der Waals surface area contributed by atoms with Gasteiger partial charge in [0.25, 0.3) is 5.91 Å². The van der Waals surface area contributed by atoms with Gasteiger partial charge in [0.05, 0.1) is 26.4 Å². The van der Waals surface area contributed by atoms with Crippen LogP contribution in [0.5, 0.6) is 5.75 Å². The number of anilines is 1. The molecule has 2 bridgehead atoms. The van der Waals surface area contributed by atoms with Gasteiger partial charge < -0.3 is 40.7 Å². The number of methoxy groups -OCH3 is 1. The molecule has 0 aromatic heterocycles. The van der Waals surface area contributed by atoms with Crippen molar-refractivity contribution in [2.24, 2.45) is 35.0 Å². The second-order valence-electron chi connectivity index (χ2n) is 18.3. The summed E-state index contributed by atoms with van der Waals surface area (Å²) in [5.74, 6) is 1.69. The minimum absolute atomic E-state index is 0.0163. The highest BCUT2D eigenvalue weighted by atomic mass is 16.7. The van der Waals surface area contributed by atoms with Crippen LogP contribution in [-0.2, 0) is 16.2 Å². The van der Waals surface area contributed by atoms with E-state index in [1.807, 2.05) is 63.4 Å². The Morgan fingerprint density at radius 1 is 1.11 bits per heavy atom. The van der Waals surface area contributed by atoms with Crippen molar-refractivity contribution in [2.75, 3.05) is 66.4 Å². The van der Waals surface area contributed by atoms with Gasteiger partial charge in [-0.3, -0.25) is 14.4 Å². The highest BCUT2D eigenvalue weighted by molar-refractivity contribution is 5.97. The number of fused-ring (bicyclic) bond motifs is 2. The van der Waals surface area contributed by atoms with Crippen molar-refractivity contribution in [1.29, 1.82) is 0 Å². The Labute approximate surface area is 334 Å². The molecular formula is C44H68N6O6. The largest absolute Gasteiger partial charge is 0.496 e. The van der Waals surface area contributed by atoms with Gasteiger partial charge in [-0.2, -0.15) is 5.06 Å². The van der Waals surface area contributed by atoms with E-state index in [-0.39, 0.29) is 42.5 Å². The lowest BCUT2D eigenvalue weighted by molar-refractivity contribution is -0.183. The predicted molar refractivity (Wildman–Crippen MR) is 220 cm³/mol. The van der Waals surface area contributed by atoms with Gasteiger partial charge >= 0.3 is 0 Å². The lowest BCUT2D eigenvalue weighted by Crippen LogP contribution is -2.62. The number of likely N-dealkylation sites (N-methyl/N-ethyl adjacent to an activating group) is 1. The molecule has 5 aliphatic rings. The summed E-state index contributed by atoms with van der Waals surface area (Å²) >= 11 is 0. The number of carbonyl (C=O) groups excluding carboxylic acids is 2. The quantitative estimate of drug-likeness (QED) is 0.180. The van der Waals surface area contributed by atoms with Crippen molar-refractivity contribution in [3.63, 3.8) is 0 Å². The fourth-order valence-electron chi connectivity index (χ4n) is 10.4.